The summed E-state index contributed by atoms with van der Waals surface area (Å²) >= 11 is 1.45. The number of anilines is 1. The van der Waals surface area contributed by atoms with E-state index in [9.17, 15) is 4.79 Å². The highest BCUT2D eigenvalue weighted by Crippen LogP contribution is 2.24. The van der Waals surface area contributed by atoms with Gasteiger partial charge in [0.2, 0.25) is 5.91 Å². The number of H-pyrrole nitrogens is 1. The van der Waals surface area contributed by atoms with Crippen LogP contribution in [0.15, 0.2) is 29.4 Å². The number of hydrogen-bond donors (Lipinski definition) is 2. The number of benzene rings is 1. The number of nitrogens with zero attached hydrogens (tertiary/aromatic N) is 3. The van der Waals surface area contributed by atoms with E-state index in [2.05, 4.69) is 32.0 Å². The monoisotopic (exact) mass is 329 g/mol. The largest absolute Gasteiger partial charge is 0.322 e. The molecule has 0 saturated carbocycles. The predicted octanol–water partition coefficient (Wildman–Crippen LogP) is 3.13. The summed E-state index contributed by atoms with van der Waals surface area (Å²) in [6, 6.07) is 8.01. The van der Waals surface area contributed by atoms with Gasteiger partial charge in [0, 0.05) is 6.54 Å². The van der Waals surface area contributed by atoms with Crippen molar-refractivity contribution in [3.8, 4) is 0 Å². The van der Waals surface area contributed by atoms with Crippen molar-refractivity contribution in [2.75, 3.05) is 11.1 Å². The summed E-state index contributed by atoms with van der Waals surface area (Å²) < 4.78 is 2.13. The van der Waals surface area contributed by atoms with Gasteiger partial charge in [-0.05, 0) is 32.9 Å². The van der Waals surface area contributed by atoms with Crippen molar-refractivity contribution in [2.24, 2.45) is 0 Å². The minimum atomic E-state index is -0.0580. The maximum atomic E-state index is 12.2. The molecule has 1 aromatic carbocycles. The maximum absolute atomic E-state index is 12.2. The Kier molecular flexibility index (Phi) is 4.38. The van der Waals surface area contributed by atoms with E-state index in [-0.39, 0.29) is 5.91 Å². The standard InChI is InChI=1S/C16H19N5OS/c1-4-21-13-8-6-5-7-12(13)17-16(21)23-9-14(22)18-15-10(2)19-20-11(15)3/h5-8H,4,9H2,1-3H3,(H,18,22)(H,19,20). The molecule has 3 rings (SSSR count). The van der Waals surface area contributed by atoms with Crippen LogP contribution in [0.25, 0.3) is 11.0 Å². The van der Waals surface area contributed by atoms with Gasteiger partial charge in [-0.2, -0.15) is 5.10 Å². The molecule has 23 heavy (non-hydrogen) atoms. The van der Waals surface area contributed by atoms with Gasteiger partial charge >= 0.3 is 0 Å². The second-order valence-corrected chi connectivity index (χ2v) is 6.22. The number of hydrogen-bond acceptors (Lipinski definition) is 4. The van der Waals surface area contributed by atoms with E-state index in [4.69, 9.17) is 0 Å². The molecule has 0 unspecified atom stereocenters. The van der Waals surface area contributed by atoms with Crippen molar-refractivity contribution >= 4 is 34.4 Å². The molecular formula is C16H19N5OS. The van der Waals surface area contributed by atoms with E-state index in [1.54, 1.807) is 0 Å². The molecule has 0 spiro atoms. The molecule has 3 aromatic rings. The summed E-state index contributed by atoms with van der Waals surface area (Å²) in [7, 11) is 0. The molecule has 1 amide bonds. The number of aryl methyl sites for hydroxylation is 3. The Balaban J connectivity index is 1.72. The number of rotatable bonds is 5. The fourth-order valence-electron chi connectivity index (χ4n) is 2.51. The number of imidazole rings is 1. The topological polar surface area (TPSA) is 75.6 Å². The maximum Gasteiger partial charge on any atom is 0.234 e. The fraction of sp³-hybridized carbons (Fsp3) is 0.312. The average molecular weight is 329 g/mol. The third-order valence-electron chi connectivity index (χ3n) is 3.66. The molecule has 7 heteroatoms. The molecule has 2 N–H and O–H groups in total. The summed E-state index contributed by atoms with van der Waals surface area (Å²) in [4.78, 5) is 16.8. The van der Waals surface area contributed by atoms with Crippen LogP contribution in [0.5, 0.6) is 0 Å². The Morgan fingerprint density at radius 1 is 1.35 bits per heavy atom. The Morgan fingerprint density at radius 3 is 2.83 bits per heavy atom. The van der Waals surface area contributed by atoms with Gasteiger partial charge in [0.1, 0.15) is 0 Å². The number of carbonyl (C=O) groups excluding carboxylic acids is 1. The first-order valence-electron chi connectivity index (χ1n) is 7.49. The second-order valence-electron chi connectivity index (χ2n) is 5.27. The van der Waals surface area contributed by atoms with Crippen molar-refractivity contribution in [1.82, 2.24) is 19.7 Å². The van der Waals surface area contributed by atoms with Gasteiger partial charge in [-0.3, -0.25) is 9.89 Å². The van der Waals surface area contributed by atoms with E-state index in [1.165, 1.54) is 11.8 Å². The van der Waals surface area contributed by atoms with Crippen molar-refractivity contribution in [2.45, 2.75) is 32.5 Å². The van der Waals surface area contributed by atoms with Crippen LogP contribution in [-0.2, 0) is 11.3 Å². The van der Waals surface area contributed by atoms with E-state index < -0.39 is 0 Å². The lowest BCUT2D eigenvalue weighted by Crippen LogP contribution is -2.15. The molecule has 2 heterocycles. The first kappa shape index (κ1) is 15.6. The van der Waals surface area contributed by atoms with Crippen molar-refractivity contribution in [1.29, 1.82) is 0 Å². The SMILES string of the molecule is CCn1c(SCC(=O)Nc2c(C)n[nH]c2C)nc2ccccc21. The van der Waals surface area contributed by atoms with Gasteiger partial charge in [-0.1, -0.05) is 23.9 Å². The molecule has 0 saturated heterocycles. The highest BCUT2D eigenvalue weighted by molar-refractivity contribution is 7.99. The summed E-state index contributed by atoms with van der Waals surface area (Å²) in [5.41, 5.74) is 4.47. The lowest BCUT2D eigenvalue weighted by molar-refractivity contribution is -0.113. The third kappa shape index (κ3) is 3.10. The molecule has 0 bridgehead atoms. The molecule has 0 fully saturated rings. The number of amides is 1. The Labute approximate surface area is 138 Å². The summed E-state index contributed by atoms with van der Waals surface area (Å²) in [6.45, 7) is 6.66. The average Bonchev–Trinajstić information content (AvgIpc) is 3.07. The number of aromatic amines is 1. The van der Waals surface area contributed by atoms with Gasteiger partial charge in [-0.25, -0.2) is 4.98 Å². The van der Waals surface area contributed by atoms with Crippen LogP contribution in [0, 0.1) is 13.8 Å². The zero-order chi connectivity index (χ0) is 16.4. The summed E-state index contributed by atoms with van der Waals surface area (Å²) in [6.07, 6.45) is 0. The first-order valence-corrected chi connectivity index (χ1v) is 8.48. The molecule has 0 aliphatic heterocycles. The van der Waals surface area contributed by atoms with Crippen molar-refractivity contribution in [3.63, 3.8) is 0 Å². The molecule has 2 aromatic heterocycles. The zero-order valence-corrected chi connectivity index (χ0v) is 14.2. The third-order valence-corrected chi connectivity index (χ3v) is 4.64. The number of fused-ring (bicyclic) bond motifs is 1. The van der Waals surface area contributed by atoms with Gasteiger partial charge in [0.15, 0.2) is 5.16 Å². The number of nitrogens with one attached hydrogen (secondary N) is 2. The van der Waals surface area contributed by atoms with Gasteiger partial charge < -0.3 is 9.88 Å². The van der Waals surface area contributed by atoms with E-state index in [0.29, 0.717) is 5.75 Å². The molecule has 0 atom stereocenters. The van der Waals surface area contributed by atoms with Crippen LogP contribution in [0.2, 0.25) is 0 Å². The lowest BCUT2D eigenvalue weighted by atomic mass is 10.3. The van der Waals surface area contributed by atoms with Gasteiger partial charge in [-0.15, -0.1) is 0 Å². The Hall–Kier alpha value is -2.28. The van der Waals surface area contributed by atoms with Gasteiger partial charge in [0.25, 0.3) is 0 Å². The van der Waals surface area contributed by atoms with Crippen LogP contribution >= 0.6 is 11.8 Å². The molecule has 0 aliphatic carbocycles. The fourth-order valence-corrected chi connectivity index (χ4v) is 3.39. The van der Waals surface area contributed by atoms with Gasteiger partial charge in [0.05, 0.1) is 33.9 Å². The second kappa shape index (κ2) is 6.45. The number of para-hydroxylation sites is 2. The summed E-state index contributed by atoms with van der Waals surface area (Å²) in [5, 5.41) is 10.7. The number of aromatic nitrogens is 4. The molecule has 0 radical (unpaired) electrons. The van der Waals surface area contributed by atoms with Crippen molar-refractivity contribution in [3.05, 3.63) is 35.7 Å². The minimum absolute atomic E-state index is 0.0580. The zero-order valence-electron chi connectivity index (χ0n) is 13.4. The van der Waals surface area contributed by atoms with E-state index >= 15 is 0 Å². The molecule has 6 nitrogen and oxygen atoms in total. The predicted molar refractivity (Wildman–Crippen MR) is 92.8 cm³/mol. The summed E-state index contributed by atoms with van der Waals surface area (Å²) in [5.74, 6) is 0.255. The molecular weight excluding hydrogens is 310 g/mol. The highest BCUT2D eigenvalue weighted by atomic mass is 32.2. The van der Waals surface area contributed by atoms with Crippen LogP contribution < -0.4 is 5.32 Å². The quantitative estimate of drug-likeness (QED) is 0.705. The first-order chi connectivity index (χ1) is 11.1. The molecule has 120 valence electrons. The van der Waals surface area contributed by atoms with Crippen molar-refractivity contribution < 1.29 is 4.79 Å². The number of carbonyl (C=O) groups is 1. The van der Waals surface area contributed by atoms with Crippen LogP contribution in [0.3, 0.4) is 0 Å². The van der Waals surface area contributed by atoms with E-state index in [0.717, 1.165) is 39.8 Å². The Morgan fingerprint density at radius 2 is 2.13 bits per heavy atom. The van der Waals surface area contributed by atoms with Crippen LogP contribution in [0.4, 0.5) is 5.69 Å². The highest BCUT2D eigenvalue weighted by Gasteiger charge is 2.14. The van der Waals surface area contributed by atoms with E-state index in [1.807, 2.05) is 38.1 Å². The number of thioether (sulfide) groups is 1. The lowest BCUT2D eigenvalue weighted by Gasteiger charge is -2.07. The normalized spacial score (nSPS) is 11.1. The molecule has 0 aliphatic rings. The Bertz CT molecular complexity index is 832. The van der Waals surface area contributed by atoms with Crippen LogP contribution in [-0.4, -0.2) is 31.4 Å². The van der Waals surface area contributed by atoms with Crippen LogP contribution in [0.1, 0.15) is 18.3 Å². The smallest absolute Gasteiger partial charge is 0.234 e. The minimum Gasteiger partial charge on any atom is -0.322 e.